The van der Waals surface area contributed by atoms with Crippen LogP contribution in [0.25, 0.3) is 0 Å². The third-order valence-corrected chi connectivity index (χ3v) is 7.35. The van der Waals surface area contributed by atoms with E-state index in [1.54, 1.807) is 7.11 Å². The van der Waals surface area contributed by atoms with Crippen molar-refractivity contribution in [3.8, 4) is 11.5 Å². The predicted molar refractivity (Wildman–Crippen MR) is 142 cm³/mol. The summed E-state index contributed by atoms with van der Waals surface area (Å²) in [6.07, 6.45) is 0.840. The lowest BCUT2D eigenvalue weighted by molar-refractivity contribution is 0.140. The summed E-state index contributed by atoms with van der Waals surface area (Å²) in [5.41, 5.74) is 5.68. The Balaban J connectivity index is 1.21. The van der Waals surface area contributed by atoms with Crippen LogP contribution in [0.5, 0.6) is 11.5 Å². The summed E-state index contributed by atoms with van der Waals surface area (Å²) >= 11 is 0. The number of fused-ring (bicyclic) bond motifs is 1. The highest BCUT2D eigenvalue weighted by Crippen LogP contribution is 2.46. The first kappa shape index (κ1) is 21.6. The largest absolute Gasteiger partial charge is 0.497 e. The van der Waals surface area contributed by atoms with E-state index in [2.05, 4.69) is 101 Å². The summed E-state index contributed by atoms with van der Waals surface area (Å²) in [5, 5.41) is 0. The Morgan fingerprint density at radius 1 is 0.629 bits per heavy atom. The van der Waals surface area contributed by atoms with Gasteiger partial charge in [-0.3, -0.25) is 0 Å². The maximum Gasteiger partial charge on any atom is 0.163 e. The third-order valence-electron chi connectivity index (χ3n) is 7.35. The van der Waals surface area contributed by atoms with Crippen LogP contribution in [0.15, 0.2) is 103 Å². The number of benzene rings is 4. The molecule has 2 aliphatic rings. The number of methoxy groups -OCH3 is 1. The van der Waals surface area contributed by atoms with Gasteiger partial charge in [0.2, 0.25) is 0 Å². The molecule has 1 unspecified atom stereocenters. The zero-order valence-electron chi connectivity index (χ0n) is 20.1. The van der Waals surface area contributed by atoms with E-state index < -0.39 is 5.60 Å². The maximum absolute atomic E-state index is 6.70. The zero-order valence-corrected chi connectivity index (χ0v) is 20.1. The first-order chi connectivity index (χ1) is 17.2. The van der Waals surface area contributed by atoms with Gasteiger partial charge >= 0.3 is 0 Å². The fourth-order valence-corrected chi connectivity index (χ4v) is 5.39. The Morgan fingerprint density at radius 3 is 1.77 bits per heavy atom. The highest BCUT2D eigenvalue weighted by Gasteiger charge is 2.42. The third kappa shape index (κ3) is 3.99. The topological polar surface area (TPSA) is 24.9 Å². The van der Waals surface area contributed by atoms with Crippen molar-refractivity contribution in [2.75, 3.05) is 43.1 Å². The molecular weight excluding hydrogens is 432 g/mol. The minimum Gasteiger partial charge on any atom is -0.497 e. The maximum atomic E-state index is 6.70. The molecule has 4 aromatic rings. The number of anilines is 2. The Bertz CT molecular complexity index is 1250. The van der Waals surface area contributed by atoms with Crippen LogP contribution in [0.2, 0.25) is 0 Å². The van der Waals surface area contributed by atoms with E-state index in [0.717, 1.165) is 44.1 Å². The van der Waals surface area contributed by atoms with Gasteiger partial charge in [-0.2, -0.15) is 0 Å². The summed E-state index contributed by atoms with van der Waals surface area (Å²) in [7, 11) is 1.71. The molecule has 0 bridgehead atoms. The van der Waals surface area contributed by atoms with E-state index in [1.165, 1.54) is 28.1 Å². The first-order valence-corrected chi connectivity index (χ1v) is 12.3. The summed E-state index contributed by atoms with van der Waals surface area (Å²) in [5.74, 6) is 1.88. The molecule has 1 fully saturated rings. The number of hydrogen-bond donors (Lipinski definition) is 0. The van der Waals surface area contributed by atoms with E-state index in [0.29, 0.717) is 0 Å². The summed E-state index contributed by atoms with van der Waals surface area (Å²) in [6.45, 7) is 4.00. The van der Waals surface area contributed by atoms with Crippen LogP contribution in [0.3, 0.4) is 0 Å². The molecular formula is C31H30N2O2. The lowest BCUT2D eigenvalue weighted by Crippen LogP contribution is -2.46. The second-order valence-corrected chi connectivity index (χ2v) is 9.30. The van der Waals surface area contributed by atoms with Crippen LogP contribution in [-0.4, -0.2) is 33.3 Å². The van der Waals surface area contributed by atoms with Crippen LogP contribution in [0.1, 0.15) is 16.7 Å². The Labute approximate surface area is 207 Å². The number of ether oxygens (including phenoxy) is 2. The van der Waals surface area contributed by atoms with Crippen molar-refractivity contribution in [1.29, 1.82) is 0 Å². The zero-order chi connectivity index (χ0) is 23.7. The molecule has 0 spiro atoms. The molecule has 4 heteroatoms. The van der Waals surface area contributed by atoms with Gasteiger partial charge in [0, 0.05) is 55.1 Å². The molecule has 0 amide bonds. The van der Waals surface area contributed by atoms with Crippen LogP contribution < -0.4 is 19.3 Å². The average Bonchev–Trinajstić information content (AvgIpc) is 3.35. The van der Waals surface area contributed by atoms with Crippen molar-refractivity contribution in [2.45, 2.75) is 12.0 Å². The quantitative estimate of drug-likeness (QED) is 0.369. The Hall–Kier alpha value is -3.92. The van der Waals surface area contributed by atoms with Crippen LogP contribution >= 0.6 is 0 Å². The molecule has 176 valence electrons. The molecule has 0 N–H and O–H groups in total. The minimum atomic E-state index is -0.490. The minimum absolute atomic E-state index is 0.490. The van der Waals surface area contributed by atoms with Crippen molar-refractivity contribution in [2.24, 2.45) is 0 Å². The van der Waals surface area contributed by atoms with Crippen molar-refractivity contribution < 1.29 is 9.47 Å². The summed E-state index contributed by atoms with van der Waals surface area (Å²) in [4.78, 5) is 4.92. The van der Waals surface area contributed by atoms with Gasteiger partial charge in [-0.05, 0) is 48.0 Å². The number of hydrogen-bond acceptors (Lipinski definition) is 4. The predicted octanol–water partition coefficient (Wildman–Crippen LogP) is 5.90. The fraction of sp³-hybridized carbons (Fsp3) is 0.226. The summed E-state index contributed by atoms with van der Waals surface area (Å²) in [6, 6.07) is 36.4. The molecule has 2 aliphatic heterocycles. The van der Waals surface area contributed by atoms with E-state index in [1.807, 2.05) is 12.1 Å². The average molecular weight is 463 g/mol. The molecule has 4 nitrogen and oxygen atoms in total. The van der Waals surface area contributed by atoms with Gasteiger partial charge in [0.05, 0.1) is 7.11 Å². The Kier molecular flexibility index (Phi) is 5.57. The normalized spacial score (nSPS) is 19.2. The lowest BCUT2D eigenvalue weighted by Gasteiger charge is -2.38. The molecule has 1 atom stereocenters. The van der Waals surface area contributed by atoms with Crippen LogP contribution in [0.4, 0.5) is 11.4 Å². The molecule has 0 aliphatic carbocycles. The summed E-state index contributed by atoms with van der Waals surface area (Å²) < 4.78 is 12.0. The molecule has 6 rings (SSSR count). The molecule has 35 heavy (non-hydrogen) atoms. The second kappa shape index (κ2) is 9.03. The lowest BCUT2D eigenvalue weighted by atomic mass is 9.82. The van der Waals surface area contributed by atoms with Gasteiger partial charge in [0.1, 0.15) is 11.5 Å². The van der Waals surface area contributed by atoms with Crippen LogP contribution in [0, 0.1) is 0 Å². The number of piperazine rings is 1. The van der Waals surface area contributed by atoms with Crippen molar-refractivity contribution in [3.05, 3.63) is 120 Å². The monoisotopic (exact) mass is 462 g/mol. The first-order valence-electron chi connectivity index (χ1n) is 12.3. The standard InChI is InChI=1S/C31H30N2O2/c1-34-29-17-15-28(16-18-29)33-21-19-32(20-22-33)27-13-11-26(12-14-27)31(25-8-3-2-4-9-25)23-24-7-5-6-10-30(24)35-31/h2-18H,19-23H2,1H3. The smallest absolute Gasteiger partial charge is 0.163 e. The van der Waals surface area contributed by atoms with Crippen molar-refractivity contribution in [1.82, 2.24) is 0 Å². The molecule has 0 saturated carbocycles. The van der Waals surface area contributed by atoms with Gasteiger partial charge in [-0.15, -0.1) is 0 Å². The van der Waals surface area contributed by atoms with Crippen molar-refractivity contribution >= 4 is 11.4 Å². The number of para-hydroxylation sites is 1. The SMILES string of the molecule is COc1ccc(N2CCN(c3ccc(C4(c5ccccc5)Cc5ccccc5O4)cc3)CC2)cc1. The van der Waals surface area contributed by atoms with Gasteiger partial charge < -0.3 is 19.3 Å². The number of nitrogens with zero attached hydrogens (tertiary/aromatic N) is 2. The highest BCUT2D eigenvalue weighted by atomic mass is 16.5. The van der Waals surface area contributed by atoms with Gasteiger partial charge in [-0.1, -0.05) is 60.7 Å². The fourth-order valence-electron chi connectivity index (χ4n) is 5.39. The highest BCUT2D eigenvalue weighted by molar-refractivity contribution is 5.56. The van der Waals surface area contributed by atoms with Gasteiger partial charge in [-0.25, -0.2) is 0 Å². The van der Waals surface area contributed by atoms with Crippen LogP contribution in [-0.2, 0) is 12.0 Å². The number of rotatable bonds is 5. The van der Waals surface area contributed by atoms with E-state index in [-0.39, 0.29) is 0 Å². The van der Waals surface area contributed by atoms with Gasteiger partial charge in [0.25, 0.3) is 0 Å². The molecule has 0 aromatic heterocycles. The molecule has 1 saturated heterocycles. The van der Waals surface area contributed by atoms with Gasteiger partial charge in [0.15, 0.2) is 5.60 Å². The molecule has 0 radical (unpaired) electrons. The van der Waals surface area contributed by atoms with Crippen molar-refractivity contribution in [3.63, 3.8) is 0 Å². The second-order valence-electron chi connectivity index (χ2n) is 9.30. The molecule has 4 aromatic carbocycles. The molecule has 2 heterocycles. The van der Waals surface area contributed by atoms with E-state index >= 15 is 0 Å². The Morgan fingerprint density at radius 2 is 1.17 bits per heavy atom. The van der Waals surface area contributed by atoms with E-state index in [9.17, 15) is 0 Å². The van der Waals surface area contributed by atoms with E-state index in [4.69, 9.17) is 9.47 Å².